The zero-order valence-corrected chi connectivity index (χ0v) is 13.1. The number of nitrogens with zero attached hydrogens (tertiary/aromatic N) is 2. The average Bonchev–Trinajstić information content (AvgIpc) is 2.77. The third-order valence-corrected chi connectivity index (χ3v) is 4.04. The highest BCUT2D eigenvalue weighted by atomic mass is 35.5. The minimum Gasteiger partial charge on any atom is -0.303 e. The summed E-state index contributed by atoms with van der Waals surface area (Å²) < 4.78 is 0. The summed E-state index contributed by atoms with van der Waals surface area (Å²) in [5.41, 5.74) is 1.14. The fraction of sp³-hybridized carbons (Fsp3) is 0.692. The van der Waals surface area contributed by atoms with Crippen LogP contribution in [0.5, 0.6) is 0 Å². The van der Waals surface area contributed by atoms with Crippen LogP contribution in [0.15, 0.2) is 5.38 Å². The van der Waals surface area contributed by atoms with E-state index < -0.39 is 0 Å². The monoisotopic (exact) mass is 303 g/mol. The SMILES string of the molecule is CCCN1CCCC(c2csc(NC(C)=O)n2)C1.Cl. The lowest BCUT2D eigenvalue weighted by atomic mass is 9.95. The van der Waals surface area contributed by atoms with Crippen molar-refractivity contribution in [2.45, 2.75) is 39.0 Å². The molecular formula is C13H22ClN3OS. The zero-order chi connectivity index (χ0) is 13.0. The summed E-state index contributed by atoms with van der Waals surface area (Å²) in [5, 5.41) is 5.57. The van der Waals surface area contributed by atoms with Crippen LogP contribution in [0.1, 0.15) is 44.7 Å². The molecule has 0 aromatic carbocycles. The molecule has 1 fully saturated rings. The van der Waals surface area contributed by atoms with Crippen LogP contribution in [0.2, 0.25) is 0 Å². The van der Waals surface area contributed by atoms with E-state index in [2.05, 4.69) is 27.5 Å². The maximum Gasteiger partial charge on any atom is 0.223 e. The molecule has 1 aromatic heterocycles. The van der Waals surface area contributed by atoms with E-state index in [-0.39, 0.29) is 18.3 Å². The van der Waals surface area contributed by atoms with Crippen LogP contribution in [0.3, 0.4) is 0 Å². The van der Waals surface area contributed by atoms with Crippen LogP contribution in [0, 0.1) is 0 Å². The summed E-state index contributed by atoms with van der Waals surface area (Å²) in [6.07, 6.45) is 3.67. The molecule has 0 radical (unpaired) electrons. The van der Waals surface area contributed by atoms with Gasteiger partial charge in [-0.1, -0.05) is 6.92 Å². The summed E-state index contributed by atoms with van der Waals surface area (Å²) in [6.45, 7) is 7.25. The van der Waals surface area contributed by atoms with Crippen molar-refractivity contribution in [2.75, 3.05) is 25.0 Å². The van der Waals surface area contributed by atoms with Gasteiger partial charge in [0.25, 0.3) is 0 Å². The zero-order valence-electron chi connectivity index (χ0n) is 11.5. The molecule has 1 amide bonds. The van der Waals surface area contributed by atoms with Gasteiger partial charge in [0.05, 0.1) is 5.69 Å². The molecule has 0 aliphatic carbocycles. The molecule has 2 heterocycles. The number of nitrogens with one attached hydrogen (secondary N) is 1. The van der Waals surface area contributed by atoms with Crippen LogP contribution >= 0.6 is 23.7 Å². The summed E-state index contributed by atoms with van der Waals surface area (Å²) >= 11 is 1.52. The number of hydrogen-bond donors (Lipinski definition) is 1. The Labute approximate surface area is 125 Å². The van der Waals surface area contributed by atoms with E-state index in [1.807, 2.05) is 0 Å². The molecule has 108 valence electrons. The molecule has 1 aliphatic heterocycles. The Morgan fingerprint density at radius 2 is 2.42 bits per heavy atom. The summed E-state index contributed by atoms with van der Waals surface area (Å²) in [6, 6.07) is 0. The first-order valence-electron chi connectivity index (χ1n) is 6.64. The molecule has 1 aromatic rings. The van der Waals surface area contributed by atoms with Gasteiger partial charge in [-0.25, -0.2) is 4.98 Å². The first-order valence-corrected chi connectivity index (χ1v) is 7.52. The van der Waals surface area contributed by atoms with Crippen molar-refractivity contribution >= 4 is 34.8 Å². The first-order chi connectivity index (χ1) is 8.69. The lowest BCUT2D eigenvalue weighted by Gasteiger charge is -2.31. The van der Waals surface area contributed by atoms with Gasteiger partial charge in [0.2, 0.25) is 5.91 Å². The van der Waals surface area contributed by atoms with Crippen molar-refractivity contribution in [3.05, 3.63) is 11.1 Å². The maximum atomic E-state index is 11.0. The van der Waals surface area contributed by atoms with Crippen LogP contribution in [-0.2, 0) is 4.79 Å². The van der Waals surface area contributed by atoms with Crippen molar-refractivity contribution in [2.24, 2.45) is 0 Å². The number of rotatable bonds is 4. The van der Waals surface area contributed by atoms with E-state index in [9.17, 15) is 4.79 Å². The molecule has 1 saturated heterocycles. The molecule has 1 unspecified atom stereocenters. The van der Waals surface area contributed by atoms with Gasteiger partial charge in [-0.05, 0) is 32.4 Å². The fourth-order valence-corrected chi connectivity index (χ4v) is 3.34. The quantitative estimate of drug-likeness (QED) is 0.929. The molecule has 0 spiro atoms. The van der Waals surface area contributed by atoms with E-state index in [4.69, 9.17) is 0 Å². The van der Waals surface area contributed by atoms with Crippen LogP contribution in [0.25, 0.3) is 0 Å². The number of halogens is 1. The van der Waals surface area contributed by atoms with Crippen molar-refractivity contribution < 1.29 is 4.79 Å². The predicted octanol–water partition coefficient (Wildman–Crippen LogP) is 3.11. The molecule has 6 heteroatoms. The lowest BCUT2D eigenvalue weighted by molar-refractivity contribution is -0.114. The number of aromatic nitrogens is 1. The molecule has 2 rings (SSSR count). The summed E-state index contributed by atoms with van der Waals surface area (Å²) in [4.78, 5) is 18.0. The number of likely N-dealkylation sites (tertiary alicyclic amines) is 1. The molecule has 1 atom stereocenters. The topological polar surface area (TPSA) is 45.2 Å². The number of piperidine rings is 1. The third kappa shape index (κ3) is 4.75. The standard InChI is InChI=1S/C13H21N3OS.ClH/c1-3-6-16-7-4-5-11(8-16)12-9-18-13(15-12)14-10(2)17;/h9,11H,3-8H2,1-2H3,(H,14,15,17);1H. The van der Waals surface area contributed by atoms with Crippen molar-refractivity contribution in [3.63, 3.8) is 0 Å². The largest absolute Gasteiger partial charge is 0.303 e. The highest BCUT2D eigenvalue weighted by Gasteiger charge is 2.22. The van der Waals surface area contributed by atoms with Gasteiger partial charge in [0.1, 0.15) is 0 Å². The van der Waals surface area contributed by atoms with Gasteiger partial charge in [-0.3, -0.25) is 4.79 Å². The maximum absolute atomic E-state index is 11.0. The Morgan fingerprint density at radius 3 is 3.11 bits per heavy atom. The Balaban J connectivity index is 0.00000180. The van der Waals surface area contributed by atoms with Gasteiger partial charge >= 0.3 is 0 Å². The number of thiazole rings is 1. The Kier molecular flexibility index (Phi) is 6.75. The van der Waals surface area contributed by atoms with Crippen molar-refractivity contribution in [3.8, 4) is 0 Å². The smallest absolute Gasteiger partial charge is 0.223 e. The van der Waals surface area contributed by atoms with E-state index in [1.165, 1.54) is 50.6 Å². The van der Waals surface area contributed by atoms with Gasteiger partial charge in [0.15, 0.2) is 5.13 Å². The van der Waals surface area contributed by atoms with E-state index >= 15 is 0 Å². The molecule has 1 aliphatic rings. The molecule has 0 saturated carbocycles. The average molecular weight is 304 g/mol. The summed E-state index contributed by atoms with van der Waals surface area (Å²) in [5.74, 6) is 0.483. The fourth-order valence-electron chi connectivity index (χ4n) is 2.50. The minimum atomic E-state index is -0.0489. The highest BCUT2D eigenvalue weighted by Crippen LogP contribution is 2.29. The van der Waals surface area contributed by atoms with Crippen molar-refractivity contribution in [1.82, 2.24) is 9.88 Å². The summed E-state index contributed by atoms with van der Waals surface area (Å²) in [7, 11) is 0. The van der Waals surface area contributed by atoms with Gasteiger partial charge in [-0.15, -0.1) is 23.7 Å². The molecular weight excluding hydrogens is 282 g/mol. The predicted molar refractivity (Wildman–Crippen MR) is 82.4 cm³/mol. The minimum absolute atomic E-state index is 0. The number of amides is 1. The van der Waals surface area contributed by atoms with Crippen molar-refractivity contribution in [1.29, 1.82) is 0 Å². The van der Waals surface area contributed by atoms with Gasteiger partial charge in [0, 0.05) is 24.8 Å². The Bertz CT molecular complexity index is 408. The highest BCUT2D eigenvalue weighted by molar-refractivity contribution is 7.13. The van der Waals surface area contributed by atoms with Gasteiger partial charge in [-0.2, -0.15) is 0 Å². The second kappa shape index (κ2) is 7.82. The van der Waals surface area contributed by atoms with E-state index in [0.717, 1.165) is 17.4 Å². The second-order valence-electron chi connectivity index (χ2n) is 4.90. The number of carbonyl (C=O) groups excluding carboxylic acids is 1. The van der Waals surface area contributed by atoms with Gasteiger partial charge < -0.3 is 10.2 Å². The third-order valence-electron chi connectivity index (χ3n) is 3.27. The van der Waals surface area contributed by atoms with E-state index in [0.29, 0.717) is 5.92 Å². The van der Waals surface area contributed by atoms with Crippen LogP contribution in [0.4, 0.5) is 5.13 Å². The molecule has 19 heavy (non-hydrogen) atoms. The lowest BCUT2D eigenvalue weighted by Crippen LogP contribution is -2.34. The number of anilines is 1. The molecule has 0 bridgehead atoms. The molecule has 1 N–H and O–H groups in total. The van der Waals surface area contributed by atoms with Crippen LogP contribution < -0.4 is 5.32 Å². The first kappa shape index (κ1) is 16.4. The Hall–Kier alpha value is -0.650. The number of carbonyl (C=O) groups is 1. The number of hydrogen-bond acceptors (Lipinski definition) is 4. The van der Waals surface area contributed by atoms with E-state index in [1.54, 1.807) is 0 Å². The molecule has 4 nitrogen and oxygen atoms in total. The van der Waals surface area contributed by atoms with Crippen LogP contribution in [-0.4, -0.2) is 35.4 Å². The Morgan fingerprint density at radius 1 is 1.63 bits per heavy atom. The normalized spacial score (nSPS) is 19.8. The second-order valence-corrected chi connectivity index (χ2v) is 5.76.